The van der Waals surface area contributed by atoms with E-state index >= 15 is 0 Å². The monoisotopic (exact) mass is 409 g/mol. The van der Waals surface area contributed by atoms with E-state index in [0.29, 0.717) is 23.6 Å². The molecule has 1 aromatic heterocycles. The smallest absolute Gasteiger partial charge is 0.487 e. The molecule has 3 aromatic rings. The van der Waals surface area contributed by atoms with Crippen molar-refractivity contribution in [1.82, 2.24) is 4.98 Å². The molecule has 0 aliphatic carbocycles. The highest BCUT2D eigenvalue weighted by atomic mass is 32.2. The van der Waals surface area contributed by atoms with Gasteiger partial charge in [0.05, 0.1) is 11.9 Å². The maximum Gasteiger partial charge on any atom is 0.534 e. The third-order valence-electron chi connectivity index (χ3n) is 3.62. The number of pyridine rings is 1. The van der Waals surface area contributed by atoms with Gasteiger partial charge >= 0.3 is 15.6 Å². The van der Waals surface area contributed by atoms with Gasteiger partial charge in [0.1, 0.15) is 18.1 Å². The molecule has 0 aliphatic rings. The minimum atomic E-state index is -5.70. The quantitative estimate of drug-likeness (QED) is 0.441. The Morgan fingerprint density at radius 1 is 0.857 bits per heavy atom. The lowest BCUT2D eigenvalue weighted by atomic mass is 10.1. The van der Waals surface area contributed by atoms with Crippen molar-refractivity contribution in [2.45, 2.75) is 12.1 Å². The summed E-state index contributed by atoms with van der Waals surface area (Å²) in [4.78, 5) is 4.24. The summed E-state index contributed by atoms with van der Waals surface area (Å²) >= 11 is 0. The molecule has 0 bridgehead atoms. The van der Waals surface area contributed by atoms with Gasteiger partial charge in [0.2, 0.25) is 0 Å². The molecule has 1 heterocycles. The molecule has 2 aromatic carbocycles. The van der Waals surface area contributed by atoms with Gasteiger partial charge < -0.3 is 8.92 Å². The topological polar surface area (TPSA) is 65.5 Å². The Balaban J connectivity index is 1.65. The van der Waals surface area contributed by atoms with Crippen molar-refractivity contribution in [2.75, 3.05) is 0 Å². The number of hydrogen-bond donors (Lipinski definition) is 0. The van der Waals surface area contributed by atoms with Gasteiger partial charge in [-0.25, -0.2) is 0 Å². The number of aromatic nitrogens is 1. The van der Waals surface area contributed by atoms with E-state index in [4.69, 9.17) is 4.74 Å². The van der Waals surface area contributed by atoms with Crippen molar-refractivity contribution in [2.24, 2.45) is 0 Å². The van der Waals surface area contributed by atoms with Crippen LogP contribution in [0.1, 0.15) is 5.56 Å². The maximum absolute atomic E-state index is 12.3. The summed E-state index contributed by atoms with van der Waals surface area (Å²) in [5, 5.41) is 0. The van der Waals surface area contributed by atoms with Gasteiger partial charge in [0.25, 0.3) is 0 Å². The van der Waals surface area contributed by atoms with Crippen molar-refractivity contribution in [3.05, 3.63) is 78.5 Å². The molecule has 0 atom stereocenters. The van der Waals surface area contributed by atoms with Gasteiger partial charge in [-0.2, -0.15) is 21.6 Å². The molecule has 0 amide bonds. The molecule has 5 nitrogen and oxygen atoms in total. The second-order valence-corrected chi connectivity index (χ2v) is 7.20. The number of rotatable bonds is 6. The van der Waals surface area contributed by atoms with Crippen molar-refractivity contribution in [3.63, 3.8) is 0 Å². The molecule has 9 heteroatoms. The molecule has 28 heavy (non-hydrogen) atoms. The lowest BCUT2D eigenvalue weighted by Gasteiger charge is -2.10. The Kier molecular flexibility index (Phi) is 5.55. The molecule has 0 aliphatic heterocycles. The van der Waals surface area contributed by atoms with E-state index in [1.54, 1.807) is 12.1 Å². The molecular weight excluding hydrogens is 395 g/mol. The highest BCUT2D eigenvalue weighted by Crippen LogP contribution is 2.28. The van der Waals surface area contributed by atoms with E-state index in [1.807, 2.05) is 30.3 Å². The van der Waals surface area contributed by atoms with Crippen LogP contribution in [0.5, 0.6) is 11.5 Å². The van der Waals surface area contributed by atoms with Crippen LogP contribution in [0, 0.1) is 0 Å². The first kappa shape index (κ1) is 19.7. The third-order valence-corrected chi connectivity index (χ3v) is 4.60. The third kappa shape index (κ3) is 4.80. The highest BCUT2D eigenvalue weighted by Gasteiger charge is 2.48. The zero-order valence-corrected chi connectivity index (χ0v) is 15.1. The van der Waals surface area contributed by atoms with Crippen molar-refractivity contribution < 1.29 is 30.5 Å². The second kappa shape index (κ2) is 7.89. The molecule has 0 saturated carbocycles. The van der Waals surface area contributed by atoms with Crippen molar-refractivity contribution >= 4 is 10.1 Å². The predicted octanol–water partition coefficient (Wildman–Crippen LogP) is 4.56. The van der Waals surface area contributed by atoms with E-state index in [9.17, 15) is 21.6 Å². The average Bonchev–Trinajstić information content (AvgIpc) is 2.67. The van der Waals surface area contributed by atoms with E-state index in [0.717, 1.165) is 17.7 Å². The van der Waals surface area contributed by atoms with E-state index < -0.39 is 21.4 Å². The summed E-state index contributed by atoms with van der Waals surface area (Å²) in [6, 6.07) is 18.1. The van der Waals surface area contributed by atoms with E-state index in [1.165, 1.54) is 18.3 Å². The van der Waals surface area contributed by atoms with E-state index in [2.05, 4.69) is 9.17 Å². The lowest BCUT2D eigenvalue weighted by Crippen LogP contribution is -2.28. The molecule has 0 radical (unpaired) electrons. The number of hydrogen-bond acceptors (Lipinski definition) is 5. The van der Waals surface area contributed by atoms with Gasteiger partial charge in [-0.15, -0.1) is 0 Å². The molecular formula is C19H14F3NO4S. The normalized spacial score (nSPS) is 11.8. The SMILES string of the molecule is O=S(=O)(Oc1ccc(-c2ccc(OCc3ccccc3)cn2)cc1)C(F)(F)F. The van der Waals surface area contributed by atoms with Crippen LogP contribution in [0.2, 0.25) is 0 Å². The number of halogens is 3. The van der Waals surface area contributed by atoms with Gasteiger partial charge in [-0.1, -0.05) is 30.3 Å². The fourth-order valence-electron chi connectivity index (χ4n) is 2.23. The van der Waals surface area contributed by atoms with Crippen LogP contribution < -0.4 is 8.92 Å². The van der Waals surface area contributed by atoms with Crippen LogP contribution in [0.25, 0.3) is 11.3 Å². The summed E-state index contributed by atoms with van der Waals surface area (Å²) < 4.78 is 68.7. The number of benzene rings is 2. The van der Waals surface area contributed by atoms with Crippen LogP contribution in [0.15, 0.2) is 72.9 Å². The van der Waals surface area contributed by atoms with Crippen LogP contribution >= 0.6 is 0 Å². The first-order valence-electron chi connectivity index (χ1n) is 7.98. The molecule has 0 fully saturated rings. The maximum atomic E-state index is 12.3. The van der Waals surface area contributed by atoms with Crippen molar-refractivity contribution in [1.29, 1.82) is 0 Å². The van der Waals surface area contributed by atoms with Gasteiger partial charge in [-0.05, 0) is 42.0 Å². The fraction of sp³-hybridized carbons (Fsp3) is 0.105. The molecule has 3 rings (SSSR count). The number of ether oxygens (including phenoxy) is 1. The molecule has 0 spiro atoms. The first-order chi connectivity index (χ1) is 13.2. The largest absolute Gasteiger partial charge is 0.534 e. The van der Waals surface area contributed by atoms with Crippen LogP contribution in [-0.4, -0.2) is 18.9 Å². The van der Waals surface area contributed by atoms with Crippen LogP contribution in [0.3, 0.4) is 0 Å². The standard InChI is InChI=1S/C19H14F3NO4S/c20-19(21,22)28(24,25)27-16-8-6-15(7-9-16)18-11-10-17(12-23-18)26-13-14-4-2-1-3-5-14/h1-12H,13H2. The lowest BCUT2D eigenvalue weighted by molar-refractivity contribution is -0.0500. The summed E-state index contributed by atoms with van der Waals surface area (Å²) in [5.74, 6) is 0.118. The highest BCUT2D eigenvalue weighted by molar-refractivity contribution is 7.88. The number of alkyl halides is 3. The Labute approximate surface area is 159 Å². The minimum Gasteiger partial charge on any atom is -0.487 e. The fourth-order valence-corrected chi connectivity index (χ4v) is 2.69. The molecule has 0 unspecified atom stereocenters. The Morgan fingerprint density at radius 2 is 1.50 bits per heavy atom. The first-order valence-corrected chi connectivity index (χ1v) is 9.39. The summed E-state index contributed by atoms with van der Waals surface area (Å²) in [7, 11) is -5.70. The van der Waals surface area contributed by atoms with Gasteiger partial charge in [-0.3, -0.25) is 4.98 Å². The Morgan fingerprint density at radius 3 is 2.07 bits per heavy atom. The molecule has 0 saturated heterocycles. The predicted molar refractivity (Wildman–Crippen MR) is 96.0 cm³/mol. The molecule has 0 N–H and O–H groups in total. The zero-order valence-electron chi connectivity index (χ0n) is 14.3. The Bertz CT molecular complexity index is 1020. The zero-order chi connectivity index (χ0) is 20.2. The Hall–Kier alpha value is -3.07. The second-order valence-electron chi connectivity index (χ2n) is 5.66. The van der Waals surface area contributed by atoms with E-state index in [-0.39, 0.29) is 0 Å². The summed E-state index contributed by atoms with van der Waals surface area (Å²) in [6.07, 6.45) is 1.52. The average molecular weight is 409 g/mol. The van der Waals surface area contributed by atoms with Gasteiger partial charge in [0.15, 0.2) is 0 Å². The van der Waals surface area contributed by atoms with Crippen LogP contribution in [0.4, 0.5) is 13.2 Å². The minimum absolute atomic E-state index is 0.390. The number of nitrogens with zero attached hydrogens (tertiary/aromatic N) is 1. The van der Waals surface area contributed by atoms with Crippen molar-refractivity contribution in [3.8, 4) is 22.8 Å². The van der Waals surface area contributed by atoms with Gasteiger partial charge in [0, 0.05) is 5.56 Å². The molecule has 146 valence electrons. The van der Waals surface area contributed by atoms with Crippen LogP contribution in [-0.2, 0) is 16.7 Å². The summed E-state index contributed by atoms with van der Waals surface area (Å²) in [6.45, 7) is 0.390. The summed E-state index contributed by atoms with van der Waals surface area (Å²) in [5.41, 5.74) is -3.36.